The highest BCUT2D eigenvalue weighted by Gasteiger charge is 2.61. The Bertz CT molecular complexity index is 414. The van der Waals surface area contributed by atoms with Gasteiger partial charge in [0.2, 0.25) is 0 Å². The van der Waals surface area contributed by atoms with Gasteiger partial charge in [0.05, 0.1) is 0 Å². The molecule has 0 aromatic rings. The molecular weight excluding hydrogens is 296 g/mol. The molecule has 2 rings (SSSR count). The number of fused-ring (bicyclic) bond motifs is 2. The van der Waals surface area contributed by atoms with Crippen LogP contribution in [0.25, 0.3) is 0 Å². The standard InChI is InChI=1S/CH4O10P4/c1-6-13(3)9-14(4)7-12(2)8-15(5,10-13)11-14/h12H,1H3. The Kier molecular flexibility index (Phi) is 2.90. The molecular formula is CH4O10P4. The maximum absolute atomic E-state index is 11.4. The van der Waals surface area contributed by atoms with Crippen molar-refractivity contribution in [3.8, 4) is 0 Å². The third-order valence-corrected chi connectivity index (χ3v) is 9.42. The zero-order chi connectivity index (χ0) is 11.3. The number of phosphoric acid groups is 3. The van der Waals surface area contributed by atoms with Gasteiger partial charge in [-0.25, -0.2) is 22.3 Å². The van der Waals surface area contributed by atoms with Crippen LogP contribution in [0.5, 0.6) is 0 Å². The van der Waals surface area contributed by atoms with Crippen molar-refractivity contribution in [2.75, 3.05) is 7.11 Å². The van der Waals surface area contributed by atoms with E-state index < -0.39 is 31.7 Å². The lowest BCUT2D eigenvalue weighted by Gasteiger charge is -2.33. The molecule has 2 heterocycles. The van der Waals surface area contributed by atoms with Crippen molar-refractivity contribution in [3.63, 3.8) is 0 Å². The zero-order valence-electron chi connectivity index (χ0n) is 6.92. The predicted molar refractivity (Wildman–Crippen MR) is 44.3 cm³/mol. The van der Waals surface area contributed by atoms with Crippen LogP contribution >= 0.6 is 31.7 Å². The van der Waals surface area contributed by atoms with Gasteiger partial charge in [0.1, 0.15) is 0 Å². The first kappa shape index (κ1) is 12.1. The van der Waals surface area contributed by atoms with Crippen molar-refractivity contribution in [2.45, 2.75) is 0 Å². The van der Waals surface area contributed by atoms with E-state index in [1.807, 2.05) is 0 Å². The van der Waals surface area contributed by atoms with Gasteiger partial charge < -0.3 is 0 Å². The van der Waals surface area contributed by atoms with Gasteiger partial charge in [0, 0.05) is 7.11 Å². The molecule has 2 fully saturated rings. The average Bonchev–Trinajstić information content (AvgIpc) is 1.96. The van der Waals surface area contributed by atoms with Crippen LogP contribution in [-0.4, -0.2) is 7.11 Å². The van der Waals surface area contributed by atoms with Gasteiger partial charge in [-0.1, -0.05) is 0 Å². The summed E-state index contributed by atoms with van der Waals surface area (Å²) in [5.74, 6) is 0. The summed E-state index contributed by atoms with van der Waals surface area (Å²) < 4.78 is 70.1. The normalized spacial score (nSPS) is 55.1. The lowest BCUT2D eigenvalue weighted by molar-refractivity contribution is 0.139. The highest BCUT2D eigenvalue weighted by molar-refractivity contribution is 7.80. The fraction of sp³-hybridized carbons (Fsp3) is 1.00. The van der Waals surface area contributed by atoms with Crippen molar-refractivity contribution >= 4 is 31.7 Å². The molecule has 14 heteroatoms. The van der Waals surface area contributed by atoms with Crippen LogP contribution in [0.15, 0.2) is 0 Å². The van der Waals surface area contributed by atoms with Gasteiger partial charge in [0.15, 0.2) is 0 Å². The van der Waals surface area contributed by atoms with Gasteiger partial charge in [-0.15, -0.1) is 0 Å². The van der Waals surface area contributed by atoms with E-state index in [-0.39, 0.29) is 0 Å². The molecule has 2 unspecified atom stereocenters. The second kappa shape index (κ2) is 3.59. The van der Waals surface area contributed by atoms with E-state index in [1.165, 1.54) is 0 Å². The van der Waals surface area contributed by atoms with E-state index in [4.69, 9.17) is 0 Å². The Labute approximate surface area is 83.9 Å². The second-order valence-electron chi connectivity index (χ2n) is 2.20. The number of rotatable bonds is 1. The first-order valence-corrected chi connectivity index (χ1v) is 8.82. The van der Waals surface area contributed by atoms with Crippen LogP contribution < -0.4 is 0 Å². The average molecular weight is 300 g/mol. The highest BCUT2D eigenvalue weighted by atomic mass is 31.4. The number of hydrogen-bond acceptors (Lipinski definition) is 10. The van der Waals surface area contributed by atoms with E-state index in [1.54, 1.807) is 0 Å². The molecule has 2 aliphatic rings. The molecule has 0 aliphatic carbocycles. The molecule has 2 bridgehead atoms. The van der Waals surface area contributed by atoms with Crippen LogP contribution in [0.1, 0.15) is 0 Å². The quantitative estimate of drug-likeness (QED) is 0.666. The summed E-state index contributed by atoms with van der Waals surface area (Å²) in [7, 11) is -15.8. The highest BCUT2D eigenvalue weighted by Crippen LogP contribution is 2.88. The van der Waals surface area contributed by atoms with Crippen LogP contribution in [0.2, 0.25) is 0 Å². The van der Waals surface area contributed by atoms with Crippen molar-refractivity contribution in [1.82, 2.24) is 0 Å². The third-order valence-electron chi connectivity index (χ3n) is 1.20. The predicted octanol–water partition coefficient (Wildman–Crippen LogP) is 2.46. The van der Waals surface area contributed by atoms with Gasteiger partial charge in [-0.05, 0) is 0 Å². The third kappa shape index (κ3) is 2.35. The molecule has 10 nitrogen and oxygen atoms in total. The van der Waals surface area contributed by atoms with Crippen molar-refractivity contribution in [3.05, 3.63) is 0 Å². The Morgan fingerprint density at radius 1 is 1.00 bits per heavy atom. The Morgan fingerprint density at radius 3 is 1.87 bits per heavy atom. The molecule has 0 aromatic heterocycles. The first-order chi connectivity index (χ1) is 6.78. The summed E-state index contributed by atoms with van der Waals surface area (Å²) in [4.78, 5) is 0. The molecule has 0 aromatic carbocycles. The van der Waals surface area contributed by atoms with Crippen LogP contribution in [0.4, 0.5) is 0 Å². The van der Waals surface area contributed by atoms with E-state index >= 15 is 0 Å². The van der Waals surface area contributed by atoms with Gasteiger partial charge in [-0.3, -0.25) is 9.09 Å². The Morgan fingerprint density at radius 2 is 1.47 bits per heavy atom. The van der Waals surface area contributed by atoms with Crippen molar-refractivity contribution < 1.29 is 44.3 Å². The maximum Gasteiger partial charge on any atom is 0.499 e. The lowest BCUT2D eigenvalue weighted by atomic mass is 11.8. The SMILES string of the molecule is COP1(=O)OP2(=O)O[PH](=O)OP(=O)(O1)O2. The fourth-order valence-corrected chi connectivity index (χ4v) is 9.01. The molecule has 2 saturated heterocycles. The minimum atomic E-state index is -4.49. The molecule has 0 spiro atoms. The summed E-state index contributed by atoms with van der Waals surface area (Å²) in [6.45, 7) is 0. The molecule has 0 amide bonds. The molecule has 15 heavy (non-hydrogen) atoms. The summed E-state index contributed by atoms with van der Waals surface area (Å²) in [6.07, 6.45) is 0. The zero-order valence-corrected chi connectivity index (χ0v) is 10.6. The molecule has 2 atom stereocenters. The smallest absolute Gasteiger partial charge is 0.290 e. The van der Waals surface area contributed by atoms with Crippen LogP contribution in [0, 0.1) is 0 Å². The topological polar surface area (TPSA) is 124 Å². The minimum Gasteiger partial charge on any atom is -0.290 e. The van der Waals surface area contributed by atoms with Gasteiger partial charge >= 0.3 is 31.7 Å². The van der Waals surface area contributed by atoms with Crippen LogP contribution in [0.3, 0.4) is 0 Å². The van der Waals surface area contributed by atoms with Crippen LogP contribution in [-0.2, 0) is 44.3 Å². The lowest BCUT2D eigenvalue weighted by Crippen LogP contribution is -2.10. The summed E-state index contributed by atoms with van der Waals surface area (Å²) >= 11 is 0. The first-order valence-electron chi connectivity index (χ1n) is 3.21. The van der Waals surface area contributed by atoms with E-state index in [9.17, 15) is 18.3 Å². The minimum absolute atomic E-state index is 0.894. The number of hydrogen-bond donors (Lipinski definition) is 0. The van der Waals surface area contributed by atoms with E-state index in [0.717, 1.165) is 7.11 Å². The maximum atomic E-state index is 11.4. The molecule has 0 N–H and O–H groups in total. The molecule has 0 saturated carbocycles. The van der Waals surface area contributed by atoms with Gasteiger partial charge in [-0.2, -0.15) is 12.9 Å². The van der Waals surface area contributed by atoms with Gasteiger partial charge in [0.25, 0.3) is 0 Å². The molecule has 2 aliphatic heterocycles. The molecule has 88 valence electrons. The van der Waals surface area contributed by atoms with Crippen molar-refractivity contribution in [2.24, 2.45) is 0 Å². The van der Waals surface area contributed by atoms with Crippen molar-refractivity contribution in [1.29, 1.82) is 0 Å². The summed E-state index contributed by atoms with van der Waals surface area (Å²) in [6, 6.07) is 0. The van der Waals surface area contributed by atoms with E-state index in [2.05, 4.69) is 26.1 Å². The second-order valence-corrected chi connectivity index (χ2v) is 9.17. The largest absolute Gasteiger partial charge is 0.499 e. The Balaban J connectivity index is 2.44. The fourth-order valence-electron chi connectivity index (χ4n) is 0.745. The molecule has 0 radical (unpaired) electrons. The Hall–Kier alpha value is 0.680. The summed E-state index contributed by atoms with van der Waals surface area (Å²) in [5, 5.41) is 0. The monoisotopic (exact) mass is 300 g/mol. The van der Waals surface area contributed by atoms with E-state index in [0.29, 0.717) is 0 Å². The summed E-state index contributed by atoms with van der Waals surface area (Å²) in [5.41, 5.74) is 0.